The molecule has 1 aromatic heterocycles. The van der Waals surface area contributed by atoms with Crippen LogP contribution in [0, 0.1) is 12.3 Å². The zero-order valence-corrected chi connectivity index (χ0v) is 26.1. The van der Waals surface area contributed by atoms with Gasteiger partial charge >= 0.3 is 0 Å². The largest absolute Gasteiger partial charge is 0.491 e. The first-order valence-electron chi connectivity index (χ1n) is 14.2. The molecule has 3 N–H and O–H groups in total. The third kappa shape index (κ3) is 6.87. The van der Waals surface area contributed by atoms with E-state index < -0.39 is 15.9 Å². The molecule has 1 aromatic carbocycles. The highest BCUT2D eigenvalue weighted by molar-refractivity contribution is 7.91. The normalized spacial score (nSPS) is 18.6. The average molecular weight is 605 g/mol. The van der Waals surface area contributed by atoms with E-state index in [4.69, 9.17) is 32.0 Å². The van der Waals surface area contributed by atoms with Gasteiger partial charge in [-0.05, 0) is 71.1 Å². The van der Waals surface area contributed by atoms with Crippen LogP contribution in [0.3, 0.4) is 0 Å². The van der Waals surface area contributed by atoms with E-state index in [-0.39, 0.29) is 23.1 Å². The number of anilines is 1. The Bertz CT molecular complexity index is 1440. The van der Waals surface area contributed by atoms with Crippen LogP contribution in [0.25, 0.3) is 17.0 Å². The number of ketones is 1. The smallest absolute Gasteiger partial charge is 0.163 e. The first-order valence-corrected chi connectivity index (χ1v) is 16.5. The third-order valence-electron chi connectivity index (χ3n) is 8.30. The summed E-state index contributed by atoms with van der Waals surface area (Å²) in [6.07, 6.45) is 5.28. The van der Waals surface area contributed by atoms with Gasteiger partial charge in [-0.1, -0.05) is 24.9 Å². The number of rotatable bonds is 10. The summed E-state index contributed by atoms with van der Waals surface area (Å²) < 4.78 is 30.0. The summed E-state index contributed by atoms with van der Waals surface area (Å²) in [6, 6.07) is 5.18. The number of aliphatic hydroxyl groups excluding tert-OH is 1. The molecular formula is C30H41ClN4O5S. The Balaban J connectivity index is 1.70. The van der Waals surface area contributed by atoms with E-state index in [1.807, 2.05) is 13.8 Å². The Morgan fingerprint density at radius 3 is 2.46 bits per heavy atom. The van der Waals surface area contributed by atoms with E-state index in [9.17, 15) is 18.3 Å². The number of aliphatic hydroxyl groups is 1. The van der Waals surface area contributed by atoms with Gasteiger partial charge in [0.2, 0.25) is 0 Å². The number of hydrogen-bond donors (Lipinski definition) is 2. The van der Waals surface area contributed by atoms with Crippen LogP contribution in [0.4, 0.5) is 5.82 Å². The second-order valence-electron chi connectivity index (χ2n) is 11.7. The fourth-order valence-electron chi connectivity index (χ4n) is 6.04. The second-order valence-corrected chi connectivity index (χ2v) is 14.5. The molecule has 2 heterocycles. The van der Waals surface area contributed by atoms with Crippen LogP contribution < -0.4 is 15.4 Å². The molecule has 1 atom stereocenters. The number of hydrogen-bond acceptors (Lipinski definition) is 9. The van der Waals surface area contributed by atoms with Gasteiger partial charge < -0.3 is 20.5 Å². The number of allylic oxidation sites excluding steroid dienone is 2. The molecule has 224 valence electrons. The molecular weight excluding hydrogens is 564 g/mol. The maximum atomic E-state index is 12.7. The molecule has 1 aliphatic heterocycles. The first-order chi connectivity index (χ1) is 19.2. The minimum Gasteiger partial charge on any atom is -0.491 e. The molecule has 2 fully saturated rings. The molecule has 1 saturated heterocycles. The molecule has 0 bridgehead atoms. The van der Waals surface area contributed by atoms with E-state index in [1.165, 1.54) is 13.2 Å². The highest BCUT2D eigenvalue weighted by atomic mass is 35.5. The molecule has 0 amide bonds. The Morgan fingerprint density at radius 2 is 1.90 bits per heavy atom. The molecule has 1 spiro atoms. The van der Waals surface area contributed by atoms with Gasteiger partial charge in [-0.25, -0.2) is 18.4 Å². The summed E-state index contributed by atoms with van der Waals surface area (Å²) in [5.41, 5.74) is 8.66. The summed E-state index contributed by atoms with van der Waals surface area (Å²) in [5.74, 6) is 1.36. The summed E-state index contributed by atoms with van der Waals surface area (Å²) in [6.45, 7) is 8.68. The van der Waals surface area contributed by atoms with Gasteiger partial charge in [-0.3, -0.25) is 4.79 Å². The van der Waals surface area contributed by atoms with E-state index in [0.29, 0.717) is 64.2 Å². The van der Waals surface area contributed by atoms with Crippen LogP contribution in [0.15, 0.2) is 23.9 Å². The van der Waals surface area contributed by atoms with Crippen LogP contribution in [-0.2, 0) is 14.6 Å². The molecule has 1 aliphatic carbocycles. The fourth-order valence-corrected chi connectivity index (χ4v) is 7.34. The number of sulfone groups is 1. The lowest BCUT2D eigenvalue weighted by Gasteiger charge is -2.54. The molecule has 4 rings (SSSR count). The van der Waals surface area contributed by atoms with Crippen molar-refractivity contribution in [2.24, 2.45) is 11.1 Å². The van der Waals surface area contributed by atoms with Crippen molar-refractivity contribution in [2.75, 3.05) is 30.9 Å². The zero-order chi connectivity index (χ0) is 30.1. The number of aromatic nitrogens is 2. The molecule has 0 radical (unpaired) electrons. The van der Waals surface area contributed by atoms with Crippen molar-refractivity contribution in [1.29, 1.82) is 0 Å². The van der Waals surface area contributed by atoms with Crippen LogP contribution in [0.2, 0.25) is 5.02 Å². The zero-order valence-electron chi connectivity index (χ0n) is 24.5. The van der Waals surface area contributed by atoms with Crippen LogP contribution in [0.5, 0.6) is 5.75 Å². The standard InChI is InChI=1S/C30H41ClN4O5S/c1-6-7-21(37)15-40-22-8-9-25(31)24(14-22)28-33-27(26(19(3)32)20(4)36)18(2)29(34-28)35-16-30(17-35)12-10-23(11-13-30)41(5,38)39/h8-9,14,21,23,37H,6-7,10-13,15-17,32H2,1-5H3/t21-/m1/s1. The summed E-state index contributed by atoms with van der Waals surface area (Å²) in [5, 5.41) is 10.3. The number of Topliss-reactive ketones (excluding diaryl/α,β-unsaturated/α-hetero) is 1. The third-order valence-corrected chi connectivity index (χ3v) is 10.3. The summed E-state index contributed by atoms with van der Waals surface area (Å²) in [4.78, 5) is 24.6. The lowest BCUT2D eigenvalue weighted by Crippen LogP contribution is -2.59. The predicted molar refractivity (Wildman–Crippen MR) is 163 cm³/mol. The number of halogens is 1. The number of carbonyl (C=O) groups is 1. The Hall–Kier alpha value is -2.69. The van der Waals surface area contributed by atoms with Gasteiger partial charge in [0.1, 0.15) is 28.0 Å². The second kappa shape index (κ2) is 12.3. The van der Waals surface area contributed by atoms with Gasteiger partial charge in [0.05, 0.1) is 27.6 Å². The maximum Gasteiger partial charge on any atom is 0.163 e. The predicted octanol–water partition coefficient (Wildman–Crippen LogP) is 4.72. The van der Waals surface area contributed by atoms with Crippen molar-refractivity contribution in [1.82, 2.24) is 9.97 Å². The average Bonchev–Trinajstić information content (AvgIpc) is 2.87. The highest BCUT2D eigenvalue weighted by Crippen LogP contribution is 2.47. The number of ether oxygens (including phenoxy) is 1. The lowest BCUT2D eigenvalue weighted by atomic mass is 9.68. The topological polar surface area (TPSA) is 136 Å². The first kappa shape index (κ1) is 31.3. The monoisotopic (exact) mass is 604 g/mol. The quantitative estimate of drug-likeness (QED) is 0.369. The molecule has 11 heteroatoms. The van der Waals surface area contributed by atoms with Crippen molar-refractivity contribution in [3.8, 4) is 17.1 Å². The number of nitrogens with two attached hydrogens (primary N) is 1. The van der Waals surface area contributed by atoms with Crippen LogP contribution in [-0.4, -0.2) is 66.6 Å². The molecule has 9 nitrogen and oxygen atoms in total. The number of carbonyl (C=O) groups excluding carboxylic acids is 1. The molecule has 2 aliphatic rings. The summed E-state index contributed by atoms with van der Waals surface area (Å²) >= 11 is 6.64. The minimum absolute atomic E-state index is 0.0483. The van der Waals surface area contributed by atoms with E-state index >= 15 is 0 Å². The molecule has 1 saturated carbocycles. The number of benzene rings is 1. The van der Waals surface area contributed by atoms with Gasteiger partial charge in [-0.2, -0.15) is 0 Å². The van der Waals surface area contributed by atoms with Gasteiger partial charge in [0.15, 0.2) is 11.6 Å². The van der Waals surface area contributed by atoms with Crippen LogP contribution >= 0.6 is 11.6 Å². The van der Waals surface area contributed by atoms with Gasteiger partial charge in [0.25, 0.3) is 0 Å². The van der Waals surface area contributed by atoms with Crippen molar-refractivity contribution in [2.45, 2.75) is 77.6 Å². The number of nitrogens with zero attached hydrogens (tertiary/aromatic N) is 3. The van der Waals surface area contributed by atoms with Crippen LogP contribution in [0.1, 0.15) is 70.6 Å². The Labute approximate surface area is 248 Å². The molecule has 2 aromatic rings. The van der Waals surface area contributed by atoms with Crippen molar-refractivity contribution >= 4 is 38.6 Å². The SMILES string of the molecule is CCC[C@@H](O)COc1ccc(Cl)c(-c2nc(C(C(C)=O)=C(C)N)c(C)c(N3CC4(CCC(S(C)(=O)=O)CC4)C3)n2)c1. The fraction of sp³-hybridized carbons (Fsp3) is 0.567. The molecule has 0 unspecified atom stereocenters. The Morgan fingerprint density at radius 1 is 1.24 bits per heavy atom. The van der Waals surface area contributed by atoms with E-state index in [1.54, 1.807) is 25.1 Å². The van der Waals surface area contributed by atoms with E-state index in [0.717, 1.165) is 37.9 Å². The van der Waals surface area contributed by atoms with Gasteiger partial charge in [0, 0.05) is 41.6 Å². The maximum absolute atomic E-state index is 12.7. The highest BCUT2D eigenvalue weighted by Gasteiger charge is 2.47. The van der Waals surface area contributed by atoms with Crippen molar-refractivity contribution in [3.05, 3.63) is 40.2 Å². The minimum atomic E-state index is -3.04. The lowest BCUT2D eigenvalue weighted by molar-refractivity contribution is -0.111. The van der Waals surface area contributed by atoms with E-state index in [2.05, 4.69) is 4.90 Å². The molecule has 41 heavy (non-hydrogen) atoms. The van der Waals surface area contributed by atoms with Crippen molar-refractivity contribution in [3.63, 3.8) is 0 Å². The van der Waals surface area contributed by atoms with Crippen molar-refractivity contribution < 1.29 is 23.1 Å². The van der Waals surface area contributed by atoms with Gasteiger partial charge in [-0.15, -0.1) is 0 Å². The summed E-state index contributed by atoms with van der Waals surface area (Å²) in [7, 11) is -3.04. The Kier molecular flexibility index (Phi) is 9.35.